The number of allylic oxidation sites excluding steroid dienone is 2. The molecular formula is C17H21NO3S. The van der Waals surface area contributed by atoms with Crippen LogP contribution in [0.4, 0.5) is 0 Å². The second-order valence-electron chi connectivity index (χ2n) is 6.31. The Kier molecular flexibility index (Phi) is 5.29. The standard InChI is InChI=1S/C17H21NO3S/c1-17(2)8-14(18-11-17)7-15(19)13-5-3-12(4-6-13)9-22-10-16(20)21/h3-7,18H,8-11H2,1-2H3,(H,20,21)/b14-7-. The highest BCUT2D eigenvalue weighted by Gasteiger charge is 2.26. The van der Waals surface area contributed by atoms with Crippen LogP contribution in [0.1, 0.15) is 36.2 Å². The maximum atomic E-state index is 12.2. The molecule has 0 saturated carbocycles. The van der Waals surface area contributed by atoms with Crippen LogP contribution in [0.15, 0.2) is 36.0 Å². The van der Waals surface area contributed by atoms with Gasteiger partial charge in [-0.2, -0.15) is 0 Å². The fraction of sp³-hybridized carbons (Fsp3) is 0.412. The molecule has 2 N–H and O–H groups in total. The van der Waals surface area contributed by atoms with E-state index in [1.54, 1.807) is 18.2 Å². The van der Waals surface area contributed by atoms with Crippen LogP contribution in [0.25, 0.3) is 0 Å². The van der Waals surface area contributed by atoms with E-state index < -0.39 is 5.97 Å². The molecule has 0 spiro atoms. The maximum Gasteiger partial charge on any atom is 0.313 e. The lowest BCUT2D eigenvalue weighted by Gasteiger charge is -2.12. The second-order valence-corrected chi connectivity index (χ2v) is 7.30. The molecule has 0 amide bonds. The lowest BCUT2D eigenvalue weighted by molar-refractivity contribution is -0.133. The Morgan fingerprint density at radius 2 is 2.00 bits per heavy atom. The largest absolute Gasteiger partial charge is 0.481 e. The molecule has 2 rings (SSSR count). The smallest absolute Gasteiger partial charge is 0.313 e. The Hall–Kier alpha value is -1.75. The Morgan fingerprint density at radius 1 is 1.32 bits per heavy atom. The molecule has 5 heteroatoms. The van der Waals surface area contributed by atoms with E-state index in [0.29, 0.717) is 11.3 Å². The topological polar surface area (TPSA) is 66.4 Å². The van der Waals surface area contributed by atoms with Crippen molar-refractivity contribution in [1.29, 1.82) is 0 Å². The van der Waals surface area contributed by atoms with Crippen molar-refractivity contribution in [3.05, 3.63) is 47.2 Å². The summed E-state index contributed by atoms with van der Waals surface area (Å²) in [7, 11) is 0. The molecule has 22 heavy (non-hydrogen) atoms. The van der Waals surface area contributed by atoms with Crippen LogP contribution in [0.2, 0.25) is 0 Å². The summed E-state index contributed by atoms with van der Waals surface area (Å²) in [5.74, 6) is -0.0772. The van der Waals surface area contributed by atoms with Gasteiger partial charge in [0.2, 0.25) is 0 Å². The molecule has 0 radical (unpaired) electrons. The molecule has 1 heterocycles. The molecule has 1 saturated heterocycles. The monoisotopic (exact) mass is 319 g/mol. The van der Waals surface area contributed by atoms with Gasteiger partial charge in [0.15, 0.2) is 5.78 Å². The fourth-order valence-electron chi connectivity index (χ4n) is 2.36. The predicted molar refractivity (Wildman–Crippen MR) is 89.1 cm³/mol. The van der Waals surface area contributed by atoms with Crippen molar-refractivity contribution in [1.82, 2.24) is 5.32 Å². The molecule has 118 valence electrons. The van der Waals surface area contributed by atoms with Gasteiger partial charge in [-0.15, -0.1) is 11.8 Å². The first-order chi connectivity index (χ1) is 10.4. The van der Waals surface area contributed by atoms with Gasteiger partial charge in [-0.1, -0.05) is 38.1 Å². The predicted octanol–water partition coefficient (Wildman–Crippen LogP) is 3.09. The lowest BCUT2D eigenvalue weighted by atomic mass is 9.92. The van der Waals surface area contributed by atoms with Crippen LogP contribution in [-0.4, -0.2) is 29.2 Å². The van der Waals surface area contributed by atoms with Gasteiger partial charge in [-0.05, 0) is 17.4 Å². The van der Waals surface area contributed by atoms with Gasteiger partial charge in [-0.25, -0.2) is 0 Å². The minimum atomic E-state index is -0.810. The average Bonchev–Trinajstić information content (AvgIpc) is 2.78. The molecule has 1 aliphatic heterocycles. The third-order valence-electron chi connectivity index (χ3n) is 3.50. The maximum absolute atomic E-state index is 12.2. The van der Waals surface area contributed by atoms with E-state index in [1.165, 1.54) is 11.8 Å². The number of carboxylic acids is 1. The number of thioether (sulfide) groups is 1. The van der Waals surface area contributed by atoms with E-state index >= 15 is 0 Å². The number of benzene rings is 1. The molecule has 0 aliphatic carbocycles. The minimum absolute atomic E-state index is 0.00457. The highest BCUT2D eigenvalue weighted by Crippen LogP contribution is 2.29. The number of aliphatic carboxylic acids is 1. The van der Waals surface area contributed by atoms with Crippen LogP contribution in [0.3, 0.4) is 0 Å². The van der Waals surface area contributed by atoms with Gasteiger partial charge in [0.05, 0.1) is 5.75 Å². The van der Waals surface area contributed by atoms with E-state index in [0.717, 1.165) is 24.2 Å². The minimum Gasteiger partial charge on any atom is -0.481 e. The van der Waals surface area contributed by atoms with Gasteiger partial charge in [-0.3, -0.25) is 9.59 Å². The van der Waals surface area contributed by atoms with Crippen molar-refractivity contribution in [2.24, 2.45) is 5.41 Å². The first kappa shape index (κ1) is 16.6. The third-order valence-corrected chi connectivity index (χ3v) is 4.49. The van der Waals surface area contributed by atoms with Gasteiger partial charge in [0.25, 0.3) is 0 Å². The number of nitrogens with one attached hydrogen (secondary N) is 1. The quantitative estimate of drug-likeness (QED) is 0.623. The Bertz CT molecular complexity index is 590. The van der Waals surface area contributed by atoms with E-state index in [2.05, 4.69) is 19.2 Å². The zero-order valence-corrected chi connectivity index (χ0v) is 13.7. The van der Waals surface area contributed by atoms with Crippen molar-refractivity contribution in [2.75, 3.05) is 12.3 Å². The summed E-state index contributed by atoms with van der Waals surface area (Å²) in [5.41, 5.74) is 2.88. The number of rotatable bonds is 6. The van der Waals surface area contributed by atoms with Crippen molar-refractivity contribution in [3.63, 3.8) is 0 Å². The normalized spacial score (nSPS) is 18.2. The fourth-order valence-corrected chi connectivity index (χ4v) is 3.06. The van der Waals surface area contributed by atoms with Gasteiger partial charge < -0.3 is 10.4 Å². The van der Waals surface area contributed by atoms with Crippen LogP contribution >= 0.6 is 11.8 Å². The second kappa shape index (κ2) is 7.01. The average molecular weight is 319 g/mol. The lowest BCUT2D eigenvalue weighted by Crippen LogP contribution is -2.15. The summed E-state index contributed by atoms with van der Waals surface area (Å²) in [6, 6.07) is 7.37. The summed E-state index contributed by atoms with van der Waals surface area (Å²) in [6.07, 6.45) is 2.57. The molecule has 1 fully saturated rings. The Balaban J connectivity index is 1.94. The van der Waals surface area contributed by atoms with Gasteiger partial charge >= 0.3 is 5.97 Å². The number of carbonyl (C=O) groups excluding carboxylic acids is 1. The van der Waals surface area contributed by atoms with E-state index in [-0.39, 0.29) is 17.0 Å². The number of hydrogen-bond donors (Lipinski definition) is 2. The summed E-state index contributed by atoms with van der Waals surface area (Å²) < 4.78 is 0. The summed E-state index contributed by atoms with van der Waals surface area (Å²) >= 11 is 1.35. The third kappa shape index (κ3) is 4.91. The molecule has 0 unspecified atom stereocenters. The first-order valence-electron chi connectivity index (χ1n) is 7.23. The number of hydrogen-bond acceptors (Lipinski definition) is 4. The summed E-state index contributed by atoms with van der Waals surface area (Å²) in [5, 5.41) is 11.9. The Morgan fingerprint density at radius 3 is 2.55 bits per heavy atom. The van der Waals surface area contributed by atoms with E-state index in [1.807, 2.05) is 12.1 Å². The van der Waals surface area contributed by atoms with Crippen LogP contribution < -0.4 is 5.32 Å². The number of carboxylic acid groups (broad SMARTS) is 1. The zero-order valence-electron chi connectivity index (χ0n) is 12.9. The SMILES string of the molecule is CC1(C)CN/C(=C\C(=O)c2ccc(CSCC(=O)O)cc2)C1. The molecular weight excluding hydrogens is 298 g/mol. The zero-order chi connectivity index (χ0) is 16.2. The van der Waals surface area contributed by atoms with Crippen molar-refractivity contribution in [3.8, 4) is 0 Å². The van der Waals surface area contributed by atoms with Crippen molar-refractivity contribution < 1.29 is 14.7 Å². The van der Waals surface area contributed by atoms with E-state index in [9.17, 15) is 9.59 Å². The summed E-state index contributed by atoms with van der Waals surface area (Å²) in [6.45, 7) is 5.25. The van der Waals surface area contributed by atoms with Crippen molar-refractivity contribution >= 4 is 23.5 Å². The van der Waals surface area contributed by atoms with Crippen molar-refractivity contribution in [2.45, 2.75) is 26.0 Å². The number of carbonyl (C=O) groups is 2. The number of ketones is 1. The van der Waals surface area contributed by atoms with Crippen LogP contribution in [0.5, 0.6) is 0 Å². The molecule has 4 nitrogen and oxygen atoms in total. The summed E-state index contributed by atoms with van der Waals surface area (Å²) in [4.78, 5) is 22.7. The molecule has 1 aliphatic rings. The highest BCUT2D eigenvalue weighted by atomic mass is 32.2. The molecule has 0 aromatic heterocycles. The van der Waals surface area contributed by atoms with Gasteiger partial charge in [0, 0.05) is 29.6 Å². The molecule has 1 aromatic rings. The molecule has 1 aromatic carbocycles. The van der Waals surface area contributed by atoms with Crippen LogP contribution in [0, 0.1) is 5.41 Å². The highest BCUT2D eigenvalue weighted by molar-refractivity contribution is 7.99. The first-order valence-corrected chi connectivity index (χ1v) is 8.38. The Labute approximate surface area is 135 Å². The molecule has 0 bridgehead atoms. The van der Waals surface area contributed by atoms with E-state index in [4.69, 9.17) is 5.11 Å². The van der Waals surface area contributed by atoms with Crippen LogP contribution in [-0.2, 0) is 10.5 Å². The van der Waals surface area contributed by atoms with Gasteiger partial charge in [0.1, 0.15) is 0 Å². The molecule has 0 atom stereocenters.